The molecule has 0 atom stereocenters. The summed E-state index contributed by atoms with van der Waals surface area (Å²) in [6.45, 7) is 2.53. The molecule has 1 amide bonds. The summed E-state index contributed by atoms with van der Waals surface area (Å²) in [7, 11) is 0. The van der Waals surface area contributed by atoms with Crippen LogP contribution < -0.4 is 4.74 Å². The lowest BCUT2D eigenvalue weighted by atomic mass is 10.2. The van der Waals surface area contributed by atoms with Crippen molar-refractivity contribution < 1.29 is 19.4 Å². The summed E-state index contributed by atoms with van der Waals surface area (Å²) in [4.78, 5) is 30.6. The predicted octanol–water partition coefficient (Wildman–Crippen LogP) is 7.55. The second-order valence-corrected chi connectivity index (χ2v) is 9.88. The Morgan fingerprint density at radius 1 is 1.06 bits per heavy atom. The molecule has 0 aliphatic carbocycles. The number of aromatic carboxylic acids is 1. The maximum absolute atomic E-state index is 13.0. The predicted molar refractivity (Wildman–Crippen MR) is 146 cm³/mol. The quantitative estimate of drug-likeness (QED) is 0.301. The number of carbonyl (C=O) groups is 2. The number of carboxylic acid groups (broad SMARTS) is 1. The highest BCUT2D eigenvalue weighted by Crippen LogP contribution is 2.35. The van der Waals surface area contributed by atoms with Crippen molar-refractivity contribution in [1.29, 1.82) is 0 Å². The van der Waals surface area contributed by atoms with E-state index in [1.54, 1.807) is 53.4 Å². The summed E-state index contributed by atoms with van der Waals surface area (Å²) >= 11 is 19.8. The summed E-state index contributed by atoms with van der Waals surface area (Å²) in [6, 6.07) is 16.6. The highest BCUT2D eigenvalue weighted by Gasteiger charge is 2.32. The highest BCUT2D eigenvalue weighted by molar-refractivity contribution is 8.18. The standard InChI is InChI=1S/C26H19Cl3N2O4S/c1-2-31-24(32)23(36-26(31)30-19-8-5-16(6-9-19)25(33)34)12-15-3-10-22(21(29)11-15)35-14-17-4-7-18(27)13-20(17)28/h3-13H,2,14H2,1H3,(H,33,34)/b23-12-,30-26?. The van der Waals surface area contributed by atoms with Crippen LogP contribution in [0.2, 0.25) is 15.1 Å². The Balaban J connectivity index is 1.50. The number of amides is 1. The third-order valence-electron chi connectivity index (χ3n) is 5.20. The molecule has 0 spiro atoms. The molecule has 1 heterocycles. The molecule has 4 rings (SSSR count). The van der Waals surface area contributed by atoms with Gasteiger partial charge in [-0.2, -0.15) is 0 Å². The van der Waals surface area contributed by atoms with Crippen LogP contribution in [-0.2, 0) is 11.4 Å². The lowest BCUT2D eigenvalue weighted by molar-refractivity contribution is -0.122. The monoisotopic (exact) mass is 560 g/mol. The van der Waals surface area contributed by atoms with Gasteiger partial charge >= 0.3 is 5.97 Å². The summed E-state index contributed by atoms with van der Waals surface area (Å²) in [5, 5.41) is 11.0. The molecule has 1 saturated heterocycles. The van der Waals surface area contributed by atoms with Gasteiger partial charge in [-0.15, -0.1) is 0 Å². The fraction of sp³-hybridized carbons (Fsp3) is 0.115. The minimum absolute atomic E-state index is 0.169. The Bertz CT molecular complexity index is 1390. The van der Waals surface area contributed by atoms with Gasteiger partial charge in [0.25, 0.3) is 5.91 Å². The number of thioether (sulfide) groups is 1. The third-order valence-corrected chi connectivity index (χ3v) is 7.08. The lowest BCUT2D eigenvalue weighted by Gasteiger charge is -2.12. The number of nitrogens with zero attached hydrogens (tertiary/aromatic N) is 2. The van der Waals surface area contributed by atoms with Gasteiger partial charge in [0.15, 0.2) is 5.17 Å². The molecule has 0 bridgehead atoms. The highest BCUT2D eigenvalue weighted by atomic mass is 35.5. The Morgan fingerprint density at radius 3 is 2.44 bits per heavy atom. The minimum Gasteiger partial charge on any atom is -0.487 e. The molecule has 3 aromatic rings. The van der Waals surface area contributed by atoms with Crippen LogP contribution in [0.1, 0.15) is 28.4 Å². The van der Waals surface area contributed by atoms with Crippen LogP contribution in [-0.4, -0.2) is 33.6 Å². The Morgan fingerprint density at radius 2 is 1.81 bits per heavy atom. The summed E-state index contributed by atoms with van der Waals surface area (Å²) < 4.78 is 5.81. The van der Waals surface area contributed by atoms with E-state index in [-0.39, 0.29) is 18.1 Å². The fourth-order valence-electron chi connectivity index (χ4n) is 3.33. The first-order chi connectivity index (χ1) is 17.2. The topological polar surface area (TPSA) is 79.2 Å². The van der Waals surface area contributed by atoms with Gasteiger partial charge < -0.3 is 9.84 Å². The first kappa shape index (κ1) is 26.1. The molecule has 10 heteroatoms. The largest absolute Gasteiger partial charge is 0.487 e. The molecule has 1 aliphatic heterocycles. The molecule has 36 heavy (non-hydrogen) atoms. The molecule has 0 aromatic heterocycles. The van der Waals surface area contributed by atoms with E-state index >= 15 is 0 Å². The van der Waals surface area contributed by atoms with Gasteiger partial charge in [0.05, 0.1) is 21.2 Å². The van der Waals surface area contributed by atoms with Crippen LogP contribution in [0.5, 0.6) is 5.75 Å². The number of rotatable bonds is 7. The van der Waals surface area contributed by atoms with Gasteiger partial charge in [0.1, 0.15) is 12.4 Å². The number of ether oxygens (including phenoxy) is 1. The molecule has 1 N–H and O–H groups in total. The SMILES string of the molecule is CCN1C(=O)/C(=C/c2ccc(OCc3ccc(Cl)cc3Cl)c(Cl)c2)SC1=Nc1ccc(C(=O)O)cc1. The summed E-state index contributed by atoms with van der Waals surface area (Å²) in [5.74, 6) is -0.696. The number of likely N-dealkylation sites (N-methyl/N-ethyl adjacent to an activating group) is 1. The molecule has 0 radical (unpaired) electrons. The van der Waals surface area contributed by atoms with Crippen LogP contribution in [0.3, 0.4) is 0 Å². The number of carbonyl (C=O) groups excluding carboxylic acids is 1. The first-order valence-corrected chi connectivity index (χ1v) is 12.7. The number of hydrogen-bond donors (Lipinski definition) is 1. The number of halogens is 3. The van der Waals surface area contributed by atoms with Crippen LogP contribution >= 0.6 is 46.6 Å². The zero-order valence-electron chi connectivity index (χ0n) is 18.9. The van der Waals surface area contributed by atoms with Crippen molar-refractivity contribution in [1.82, 2.24) is 4.90 Å². The lowest BCUT2D eigenvalue weighted by Crippen LogP contribution is -2.28. The van der Waals surface area contributed by atoms with Crippen molar-refractivity contribution >= 4 is 75.4 Å². The minimum atomic E-state index is -1.01. The van der Waals surface area contributed by atoms with E-state index in [1.807, 2.05) is 13.0 Å². The van der Waals surface area contributed by atoms with Crippen molar-refractivity contribution in [3.05, 3.63) is 97.3 Å². The summed E-state index contributed by atoms with van der Waals surface area (Å²) in [6.07, 6.45) is 1.75. The van der Waals surface area contributed by atoms with Crippen LogP contribution in [0.25, 0.3) is 6.08 Å². The van der Waals surface area contributed by atoms with Crippen molar-refractivity contribution in [3.8, 4) is 5.75 Å². The van der Waals surface area contributed by atoms with Crippen molar-refractivity contribution in [2.24, 2.45) is 4.99 Å². The zero-order valence-corrected chi connectivity index (χ0v) is 22.0. The molecule has 1 fully saturated rings. The normalized spacial score (nSPS) is 15.7. The fourth-order valence-corrected chi connectivity index (χ4v) is 5.10. The summed E-state index contributed by atoms with van der Waals surface area (Å²) in [5.41, 5.74) is 2.24. The molecular formula is C26H19Cl3N2O4S. The zero-order chi connectivity index (χ0) is 25.8. The third kappa shape index (κ3) is 6.05. The van der Waals surface area contributed by atoms with Crippen LogP contribution in [0.4, 0.5) is 5.69 Å². The van der Waals surface area contributed by atoms with Gasteiger partial charge in [-0.1, -0.05) is 46.9 Å². The molecule has 0 unspecified atom stereocenters. The van der Waals surface area contributed by atoms with E-state index in [0.717, 1.165) is 11.1 Å². The second kappa shape index (κ2) is 11.4. The van der Waals surface area contributed by atoms with Crippen molar-refractivity contribution in [2.45, 2.75) is 13.5 Å². The van der Waals surface area contributed by atoms with E-state index in [9.17, 15) is 9.59 Å². The Labute approximate surface area is 227 Å². The number of carboxylic acids is 1. The molecular weight excluding hydrogens is 543 g/mol. The average Bonchev–Trinajstić information content (AvgIpc) is 3.13. The van der Waals surface area contributed by atoms with E-state index < -0.39 is 5.97 Å². The van der Waals surface area contributed by atoms with Gasteiger partial charge in [0.2, 0.25) is 0 Å². The number of amidine groups is 1. The Hall–Kier alpha value is -2.97. The van der Waals surface area contributed by atoms with E-state index in [0.29, 0.717) is 43.1 Å². The van der Waals surface area contributed by atoms with E-state index in [1.165, 1.54) is 23.9 Å². The van der Waals surface area contributed by atoms with Crippen molar-refractivity contribution in [3.63, 3.8) is 0 Å². The van der Waals surface area contributed by atoms with Crippen LogP contribution in [0, 0.1) is 0 Å². The van der Waals surface area contributed by atoms with Crippen LogP contribution in [0.15, 0.2) is 70.6 Å². The van der Waals surface area contributed by atoms with E-state index in [4.69, 9.17) is 44.6 Å². The molecule has 3 aromatic carbocycles. The van der Waals surface area contributed by atoms with Gasteiger partial charge in [0, 0.05) is 22.2 Å². The maximum atomic E-state index is 13.0. The molecule has 1 aliphatic rings. The Kier molecular flexibility index (Phi) is 8.26. The van der Waals surface area contributed by atoms with Crippen molar-refractivity contribution in [2.75, 3.05) is 6.54 Å². The maximum Gasteiger partial charge on any atom is 0.335 e. The van der Waals surface area contributed by atoms with E-state index in [2.05, 4.69) is 4.99 Å². The molecule has 0 saturated carbocycles. The number of benzene rings is 3. The van der Waals surface area contributed by atoms with Gasteiger partial charge in [-0.3, -0.25) is 9.69 Å². The molecule has 6 nitrogen and oxygen atoms in total. The number of aliphatic imine (C=N–C) groups is 1. The molecule has 184 valence electrons. The number of hydrogen-bond acceptors (Lipinski definition) is 5. The van der Waals surface area contributed by atoms with Gasteiger partial charge in [-0.05, 0) is 78.9 Å². The van der Waals surface area contributed by atoms with Gasteiger partial charge in [-0.25, -0.2) is 9.79 Å². The second-order valence-electron chi connectivity index (χ2n) is 7.62. The smallest absolute Gasteiger partial charge is 0.335 e. The first-order valence-electron chi connectivity index (χ1n) is 10.7. The average molecular weight is 562 g/mol.